The first-order chi connectivity index (χ1) is 9.63. The van der Waals surface area contributed by atoms with Gasteiger partial charge in [-0.2, -0.15) is 0 Å². The van der Waals surface area contributed by atoms with Gasteiger partial charge in [0.1, 0.15) is 6.33 Å². The van der Waals surface area contributed by atoms with Crippen LogP contribution >= 0.6 is 15.9 Å². The van der Waals surface area contributed by atoms with Crippen LogP contribution in [0.2, 0.25) is 0 Å². The molecule has 1 aromatic heterocycles. The molecule has 0 bridgehead atoms. The van der Waals surface area contributed by atoms with Crippen LogP contribution in [0.15, 0.2) is 35.1 Å². The van der Waals surface area contributed by atoms with Crippen molar-refractivity contribution in [2.45, 2.75) is 19.4 Å². The zero-order valence-corrected chi connectivity index (χ0v) is 13.4. The lowest BCUT2D eigenvalue weighted by Gasteiger charge is -2.18. The Morgan fingerprint density at radius 2 is 2.10 bits per heavy atom. The number of benzene rings is 1. The molecule has 2 rings (SSSR count). The highest BCUT2D eigenvalue weighted by Gasteiger charge is 2.15. The Balaban J connectivity index is 2.26. The zero-order chi connectivity index (χ0) is 14.5. The van der Waals surface area contributed by atoms with E-state index in [-0.39, 0.29) is 6.04 Å². The summed E-state index contributed by atoms with van der Waals surface area (Å²) in [6, 6.07) is 8.41. The molecule has 0 radical (unpaired) electrons. The zero-order valence-electron chi connectivity index (χ0n) is 11.9. The molecule has 1 unspecified atom stereocenters. The van der Waals surface area contributed by atoms with Gasteiger partial charge in [-0.3, -0.25) is 0 Å². The van der Waals surface area contributed by atoms with Crippen molar-refractivity contribution in [3.05, 3.63) is 51.9 Å². The van der Waals surface area contributed by atoms with E-state index in [9.17, 15) is 0 Å². The molecule has 4 nitrogen and oxygen atoms in total. The number of ether oxygens (including phenoxy) is 1. The third-order valence-electron chi connectivity index (χ3n) is 3.20. The van der Waals surface area contributed by atoms with Gasteiger partial charge in [-0.25, -0.2) is 9.97 Å². The third kappa shape index (κ3) is 3.55. The largest absolute Gasteiger partial charge is 0.481 e. The summed E-state index contributed by atoms with van der Waals surface area (Å²) in [5, 5.41) is 3.34. The topological polar surface area (TPSA) is 47.0 Å². The Kier molecular flexibility index (Phi) is 5.09. The van der Waals surface area contributed by atoms with Gasteiger partial charge in [0.25, 0.3) is 0 Å². The number of methoxy groups -OCH3 is 1. The Morgan fingerprint density at radius 1 is 1.30 bits per heavy atom. The number of rotatable bonds is 5. The van der Waals surface area contributed by atoms with Crippen LogP contribution in [-0.2, 0) is 6.42 Å². The summed E-state index contributed by atoms with van der Waals surface area (Å²) in [6.07, 6.45) is 2.31. The molecule has 0 saturated carbocycles. The highest BCUT2D eigenvalue weighted by molar-refractivity contribution is 9.10. The Labute approximate surface area is 127 Å². The first-order valence-electron chi connectivity index (χ1n) is 6.42. The molecule has 1 heterocycles. The van der Waals surface area contributed by atoms with Crippen LogP contribution in [-0.4, -0.2) is 24.1 Å². The van der Waals surface area contributed by atoms with Gasteiger partial charge < -0.3 is 10.1 Å². The van der Waals surface area contributed by atoms with E-state index < -0.39 is 0 Å². The van der Waals surface area contributed by atoms with Crippen molar-refractivity contribution in [3.8, 4) is 5.88 Å². The van der Waals surface area contributed by atoms with Crippen LogP contribution in [0.4, 0.5) is 0 Å². The van der Waals surface area contributed by atoms with Crippen molar-refractivity contribution >= 4 is 15.9 Å². The molecule has 0 aliphatic heterocycles. The van der Waals surface area contributed by atoms with Gasteiger partial charge >= 0.3 is 0 Å². The van der Waals surface area contributed by atoms with E-state index in [1.54, 1.807) is 7.11 Å². The van der Waals surface area contributed by atoms with Gasteiger partial charge in [-0.15, -0.1) is 0 Å². The number of hydrogen-bond donors (Lipinski definition) is 1. The lowest BCUT2D eigenvalue weighted by Crippen LogP contribution is -2.20. The van der Waals surface area contributed by atoms with E-state index in [0.717, 1.165) is 16.6 Å². The summed E-state index contributed by atoms with van der Waals surface area (Å²) in [7, 11) is 3.57. The van der Waals surface area contributed by atoms with Crippen molar-refractivity contribution in [2.75, 3.05) is 14.2 Å². The number of aromatic nitrogens is 2. The summed E-state index contributed by atoms with van der Waals surface area (Å²) in [6.45, 7) is 2.09. The number of aryl methyl sites for hydroxylation is 1. The molecule has 106 valence electrons. The van der Waals surface area contributed by atoms with Crippen molar-refractivity contribution < 1.29 is 4.74 Å². The average Bonchev–Trinajstić information content (AvgIpc) is 2.47. The molecule has 5 heteroatoms. The normalized spacial score (nSPS) is 12.2. The molecule has 20 heavy (non-hydrogen) atoms. The smallest absolute Gasteiger partial charge is 0.216 e. The van der Waals surface area contributed by atoms with E-state index >= 15 is 0 Å². The van der Waals surface area contributed by atoms with Gasteiger partial charge in [0.2, 0.25) is 5.88 Å². The van der Waals surface area contributed by atoms with Crippen LogP contribution in [0.25, 0.3) is 0 Å². The van der Waals surface area contributed by atoms with Gasteiger partial charge in [0.15, 0.2) is 0 Å². The predicted octanol–water partition coefficient (Wildman–Crippen LogP) is 3.06. The van der Waals surface area contributed by atoms with Crippen LogP contribution in [0.3, 0.4) is 0 Å². The maximum atomic E-state index is 5.14. The second-order valence-corrected chi connectivity index (χ2v) is 5.48. The fourth-order valence-corrected chi connectivity index (χ4v) is 2.63. The second-order valence-electron chi connectivity index (χ2n) is 4.62. The standard InChI is InChI=1S/C15H18BrN3O/c1-10-4-5-13(16)12(6-10)14(17-2)7-11-8-15(20-3)19-9-18-11/h4-6,8-9,14,17H,7H2,1-3H3. The summed E-state index contributed by atoms with van der Waals surface area (Å²) >= 11 is 3.62. The number of hydrogen-bond acceptors (Lipinski definition) is 4. The fraction of sp³-hybridized carbons (Fsp3) is 0.333. The molecule has 0 fully saturated rings. The van der Waals surface area contributed by atoms with E-state index in [1.165, 1.54) is 17.5 Å². The van der Waals surface area contributed by atoms with E-state index in [0.29, 0.717) is 5.88 Å². The summed E-state index contributed by atoms with van der Waals surface area (Å²) in [5.74, 6) is 0.591. The third-order valence-corrected chi connectivity index (χ3v) is 3.92. The number of nitrogens with one attached hydrogen (secondary N) is 1. The number of nitrogens with zero attached hydrogens (tertiary/aromatic N) is 2. The van der Waals surface area contributed by atoms with E-state index in [2.05, 4.69) is 56.3 Å². The number of halogens is 1. The molecule has 0 spiro atoms. The highest BCUT2D eigenvalue weighted by Crippen LogP contribution is 2.27. The molecule has 0 amide bonds. The molecular weight excluding hydrogens is 318 g/mol. The Bertz CT molecular complexity index is 589. The molecule has 0 aliphatic rings. The fourth-order valence-electron chi connectivity index (χ4n) is 2.11. The molecule has 1 atom stereocenters. The maximum Gasteiger partial charge on any atom is 0.216 e. The Morgan fingerprint density at radius 3 is 2.80 bits per heavy atom. The van der Waals surface area contributed by atoms with Crippen LogP contribution in [0.1, 0.15) is 22.9 Å². The van der Waals surface area contributed by atoms with Crippen molar-refractivity contribution in [1.82, 2.24) is 15.3 Å². The summed E-state index contributed by atoms with van der Waals surface area (Å²) in [5.41, 5.74) is 3.42. The van der Waals surface area contributed by atoms with Crippen LogP contribution < -0.4 is 10.1 Å². The second kappa shape index (κ2) is 6.81. The van der Waals surface area contributed by atoms with Crippen LogP contribution in [0.5, 0.6) is 5.88 Å². The molecule has 0 saturated heterocycles. The quantitative estimate of drug-likeness (QED) is 0.912. The minimum atomic E-state index is 0.184. The van der Waals surface area contributed by atoms with Crippen molar-refractivity contribution in [3.63, 3.8) is 0 Å². The first kappa shape index (κ1) is 14.9. The highest BCUT2D eigenvalue weighted by atomic mass is 79.9. The lowest BCUT2D eigenvalue weighted by atomic mass is 10.0. The predicted molar refractivity (Wildman–Crippen MR) is 83.0 cm³/mol. The Hall–Kier alpha value is -1.46. The minimum Gasteiger partial charge on any atom is -0.481 e. The van der Waals surface area contributed by atoms with E-state index in [4.69, 9.17) is 4.74 Å². The lowest BCUT2D eigenvalue weighted by molar-refractivity contribution is 0.395. The molecule has 1 aromatic carbocycles. The summed E-state index contributed by atoms with van der Waals surface area (Å²) in [4.78, 5) is 8.34. The van der Waals surface area contributed by atoms with Gasteiger partial charge in [-0.05, 0) is 25.6 Å². The number of likely N-dealkylation sites (N-methyl/N-ethyl adjacent to an activating group) is 1. The van der Waals surface area contributed by atoms with Gasteiger partial charge in [0.05, 0.1) is 7.11 Å². The molecular formula is C15H18BrN3O. The molecule has 2 aromatic rings. The SMILES string of the molecule is CNC(Cc1cc(OC)ncn1)c1cc(C)ccc1Br. The van der Waals surface area contributed by atoms with Crippen molar-refractivity contribution in [2.24, 2.45) is 0 Å². The van der Waals surface area contributed by atoms with Gasteiger partial charge in [0, 0.05) is 28.7 Å². The van der Waals surface area contributed by atoms with E-state index in [1.807, 2.05) is 13.1 Å². The van der Waals surface area contributed by atoms with Crippen LogP contribution in [0, 0.1) is 6.92 Å². The average molecular weight is 336 g/mol. The molecule has 0 aliphatic carbocycles. The van der Waals surface area contributed by atoms with Gasteiger partial charge in [-0.1, -0.05) is 33.6 Å². The monoisotopic (exact) mass is 335 g/mol. The summed E-state index contributed by atoms with van der Waals surface area (Å²) < 4.78 is 6.24. The first-order valence-corrected chi connectivity index (χ1v) is 7.21. The van der Waals surface area contributed by atoms with Crippen molar-refractivity contribution in [1.29, 1.82) is 0 Å². The minimum absolute atomic E-state index is 0.184. The maximum absolute atomic E-state index is 5.14. The molecule has 1 N–H and O–H groups in total.